The third-order valence-corrected chi connectivity index (χ3v) is 11.0. The van der Waals surface area contributed by atoms with Crippen molar-refractivity contribution in [2.24, 2.45) is 17.3 Å². The van der Waals surface area contributed by atoms with Crippen LogP contribution in [0.3, 0.4) is 0 Å². The number of nitrogens with one attached hydrogen (secondary N) is 1. The largest absolute Gasteiger partial charge is 0.388 e. The molecule has 5 rings (SSSR count). The van der Waals surface area contributed by atoms with Gasteiger partial charge in [0.2, 0.25) is 0 Å². The van der Waals surface area contributed by atoms with E-state index < -0.39 is 11.2 Å². The number of ether oxygens (including phenoxy) is 2. The van der Waals surface area contributed by atoms with E-state index in [-0.39, 0.29) is 23.0 Å². The zero-order valence-corrected chi connectivity index (χ0v) is 26.2. The first kappa shape index (κ1) is 31.0. The van der Waals surface area contributed by atoms with Gasteiger partial charge in [-0.2, -0.15) is 0 Å². The average molecular weight is 579 g/mol. The first-order valence-electron chi connectivity index (χ1n) is 16.1. The molecule has 0 spiro atoms. The Morgan fingerprint density at radius 1 is 1.23 bits per heavy atom. The number of fused-ring (bicyclic) bond motifs is 2. The Bertz CT molecular complexity index is 930. The second-order valence-electron chi connectivity index (χ2n) is 14.7. The second-order valence-corrected chi connectivity index (χ2v) is 15.3. The highest BCUT2D eigenvalue weighted by Crippen LogP contribution is 2.47. The number of allylic oxidation sites excluding steroid dienone is 1. The molecule has 3 saturated heterocycles. The topological polar surface area (TPSA) is 74.2 Å². The molecule has 1 saturated carbocycles. The lowest BCUT2D eigenvalue weighted by atomic mass is 9.64. The number of likely N-dealkylation sites (tertiary alicyclic amines) is 1. The predicted molar refractivity (Wildman–Crippen MR) is 162 cm³/mol. The van der Waals surface area contributed by atoms with Crippen molar-refractivity contribution in [1.29, 1.82) is 0 Å². The average Bonchev–Trinajstić information content (AvgIpc) is 3.06. The number of hydrogen-bond acceptors (Lipinski definition) is 6. The van der Waals surface area contributed by atoms with Crippen LogP contribution in [-0.2, 0) is 9.47 Å². The summed E-state index contributed by atoms with van der Waals surface area (Å²) in [5.41, 5.74) is 1.08. The summed E-state index contributed by atoms with van der Waals surface area (Å²) >= 11 is 6.35. The monoisotopic (exact) mass is 578 g/mol. The minimum Gasteiger partial charge on any atom is -0.388 e. The van der Waals surface area contributed by atoms with Gasteiger partial charge in [-0.05, 0) is 96.1 Å². The van der Waals surface area contributed by atoms with E-state index in [9.17, 15) is 10.2 Å². The van der Waals surface area contributed by atoms with E-state index in [0.29, 0.717) is 24.5 Å². The van der Waals surface area contributed by atoms with Gasteiger partial charge in [0.15, 0.2) is 0 Å². The molecule has 3 N–H and O–H groups in total. The predicted octanol–water partition coefficient (Wildman–Crippen LogP) is 5.21. The van der Waals surface area contributed by atoms with Crippen molar-refractivity contribution in [3.63, 3.8) is 0 Å². The van der Waals surface area contributed by atoms with Crippen LogP contribution in [0.1, 0.15) is 91.9 Å². The van der Waals surface area contributed by atoms with Gasteiger partial charge in [-0.25, -0.2) is 0 Å². The van der Waals surface area contributed by atoms with Crippen LogP contribution in [0.5, 0.6) is 0 Å². The van der Waals surface area contributed by atoms with Crippen LogP contribution in [0.25, 0.3) is 0 Å². The number of alkyl halides is 1. The molecule has 4 fully saturated rings. The first-order chi connectivity index (χ1) is 19.0. The highest BCUT2D eigenvalue weighted by molar-refractivity contribution is 6.20. The Morgan fingerprint density at radius 2 is 2.05 bits per heavy atom. The van der Waals surface area contributed by atoms with Crippen molar-refractivity contribution in [3.8, 4) is 0 Å². The molecule has 7 atom stereocenters. The fraction of sp³-hybridized carbons (Fsp3) is 0.879. The second kappa shape index (κ2) is 12.6. The van der Waals surface area contributed by atoms with Gasteiger partial charge in [-0.3, -0.25) is 0 Å². The van der Waals surface area contributed by atoms with Crippen LogP contribution in [0.4, 0.5) is 0 Å². The molecule has 6 nitrogen and oxygen atoms in total. The molecule has 0 aromatic carbocycles. The van der Waals surface area contributed by atoms with E-state index in [1.165, 1.54) is 18.4 Å². The highest BCUT2D eigenvalue weighted by atomic mass is 35.5. The molecule has 0 bridgehead atoms. The minimum atomic E-state index is -0.803. The lowest BCUT2D eigenvalue weighted by molar-refractivity contribution is -0.0937. The number of piperidine rings is 2. The molecule has 5 aliphatic rings. The van der Waals surface area contributed by atoms with Gasteiger partial charge in [-0.15, -0.1) is 11.6 Å². The summed E-state index contributed by atoms with van der Waals surface area (Å²) in [7, 11) is 0. The van der Waals surface area contributed by atoms with Crippen molar-refractivity contribution < 1.29 is 19.7 Å². The summed E-state index contributed by atoms with van der Waals surface area (Å²) in [5, 5.41) is 26.1. The normalized spacial score (nSPS) is 40.2. The highest BCUT2D eigenvalue weighted by Gasteiger charge is 2.50. The maximum Gasteiger partial charge on any atom is 0.0931 e. The van der Waals surface area contributed by atoms with Gasteiger partial charge in [0, 0.05) is 42.4 Å². The Balaban J connectivity index is 1.26. The van der Waals surface area contributed by atoms with Crippen LogP contribution in [0, 0.1) is 17.3 Å². The molecular formula is C33H55ClN2O4. The summed E-state index contributed by atoms with van der Waals surface area (Å²) in [6.07, 6.45) is 15.3. The lowest BCUT2D eigenvalue weighted by Gasteiger charge is -2.52. The van der Waals surface area contributed by atoms with Gasteiger partial charge in [0.1, 0.15) is 0 Å². The molecule has 228 valence electrons. The van der Waals surface area contributed by atoms with E-state index >= 15 is 0 Å². The molecule has 0 aromatic heterocycles. The van der Waals surface area contributed by atoms with Crippen molar-refractivity contribution >= 4 is 11.6 Å². The van der Waals surface area contributed by atoms with E-state index in [0.717, 1.165) is 84.2 Å². The fourth-order valence-electron chi connectivity index (χ4n) is 8.26. The fourth-order valence-corrected chi connectivity index (χ4v) is 8.46. The molecule has 3 heterocycles. The number of nitrogens with zero attached hydrogens (tertiary/aromatic N) is 1. The standard InChI is InChI=1S/C33H55ClN2O4/c1-31(2)21-36(18-15-33(31,38)23-9-11-24(34)12-10-23)17-6-8-26-27-7-5-16-35-29(27)20-39-30-14-13-25(19-28(26)30)40-22-32(3,4)37/h8-9,24-25,27-30,35,37-38H,5-7,10-22H2,1-4H3/b26-8+/t24-,25-,27-,28+,29?,30?,33?/m0/s1. The molecule has 40 heavy (non-hydrogen) atoms. The Hall–Kier alpha value is -0.470. The van der Waals surface area contributed by atoms with Gasteiger partial charge in [-0.1, -0.05) is 31.6 Å². The van der Waals surface area contributed by atoms with Crippen LogP contribution < -0.4 is 5.32 Å². The summed E-state index contributed by atoms with van der Waals surface area (Å²) in [6, 6.07) is 0.404. The zero-order chi connectivity index (χ0) is 28.5. The molecule has 0 aromatic rings. The zero-order valence-electron chi connectivity index (χ0n) is 25.5. The molecule has 7 heteroatoms. The van der Waals surface area contributed by atoms with Crippen molar-refractivity contribution in [3.05, 3.63) is 23.3 Å². The minimum absolute atomic E-state index is 0.177. The number of hydrogen-bond donors (Lipinski definition) is 3. The Morgan fingerprint density at radius 3 is 2.77 bits per heavy atom. The van der Waals surface area contributed by atoms with E-state index in [2.05, 4.69) is 36.2 Å². The first-order valence-corrected chi connectivity index (χ1v) is 16.6. The van der Waals surface area contributed by atoms with Crippen LogP contribution in [-0.4, -0.2) is 89.3 Å². The van der Waals surface area contributed by atoms with E-state index in [1.807, 2.05) is 13.8 Å². The summed E-state index contributed by atoms with van der Waals surface area (Å²) in [4.78, 5) is 2.57. The molecule has 0 radical (unpaired) electrons. The van der Waals surface area contributed by atoms with Crippen molar-refractivity contribution in [1.82, 2.24) is 10.2 Å². The molecule has 3 unspecified atom stereocenters. The smallest absolute Gasteiger partial charge is 0.0931 e. The molecule has 2 aliphatic carbocycles. The number of halogens is 1. The molecular weight excluding hydrogens is 524 g/mol. The molecule has 3 aliphatic heterocycles. The van der Waals surface area contributed by atoms with E-state index in [1.54, 1.807) is 5.57 Å². The summed E-state index contributed by atoms with van der Waals surface area (Å²) in [5.74, 6) is 0.922. The van der Waals surface area contributed by atoms with Gasteiger partial charge < -0.3 is 29.9 Å². The molecule has 0 amide bonds. The van der Waals surface area contributed by atoms with Crippen LogP contribution in [0.15, 0.2) is 23.3 Å². The van der Waals surface area contributed by atoms with Gasteiger partial charge in [0.25, 0.3) is 0 Å². The third kappa shape index (κ3) is 7.01. The van der Waals surface area contributed by atoms with Crippen molar-refractivity contribution in [2.75, 3.05) is 39.4 Å². The van der Waals surface area contributed by atoms with Gasteiger partial charge >= 0.3 is 0 Å². The Labute approximate surface area is 247 Å². The summed E-state index contributed by atoms with van der Waals surface area (Å²) < 4.78 is 12.8. The van der Waals surface area contributed by atoms with E-state index in [4.69, 9.17) is 21.1 Å². The number of aliphatic hydroxyl groups is 2. The summed E-state index contributed by atoms with van der Waals surface area (Å²) in [6.45, 7) is 13.2. The van der Waals surface area contributed by atoms with Crippen LogP contribution in [0.2, 0.25) is 0 Å². The maximum absolute atomic E-state index is 11.9. The number of rotatable bonds is 7. The maximum atomic E-state index is 11.9. The van der Waals surface area contributed by atoms with Crippen LogP contribution >= 0.6 is 11.6 Å². The SMILES string of the molecule is CC(C)(O)CO[C@H]1CCC2OCC3NCCC[C@H]3/C(=C\CCN3CCC(O)(C4=CC[C@H](Cl)CC4)C(C)(C)C3)[C@H]2C1. The van der Waals surface area contributed by atoms with Gasteiger partial charge in [0.05, 0.1) is 36.6 Å². The lowest BCUT2D eigenvalue weighted by Crippen LogP contribution is -2.58. The Kier molecular flexibility index (Phi) is 9.79. The third-order valence-electron chi connectivity index (χ3n) is 10.6. The van der Waals surface area contributed by atoms with Crippen molar-refractivity contribution in [2.45, 2.75) is 127 Å². The quantitative estimate of drug-likeness (QED) is 0.285.